The molecule has 0 unspecified atom stereocenters. The van der Waals surface area contributed by atoms with Gasteiger partial charge in [-0.1, -0.05) is 16.9 Å². The molecule has 2 heterocycles. The van der Waals surface area contributed by atoms with Crippen molar-refractivity contribution in [3.8, 4) is 34.4 Å². The molecule has 58 heavy (non-hydrogen) atoms. The van der Waals surface area contributed by atoms with Gasteiger partial charge in [0.05, 0.1) is 39.6 Å². The first kappa shape index (κ1) is 47.8. The Kier molecular flexibility index (Phi) is 19.5. The number of nitrogens with zero attached hydrogens (tertiary/aromatic N) is 4. The van der Waals surface area contributed by atoms with Gasteiger partial charge in [-0.05, 0) is 96.3 Å². The Morgan fingerprint density at radius 1 is 0.586 bits per heavy atom. The van der Waals surface area contributed by atoms with Crippen LogP contribution in [-0.2, 0) is 47.8 Å². The number of hydrogen-bond acceptors (Lipinski definition) is 19. The smallest absolute Gasteiger partial charge is 0.335 e. The maximum atomic E-state index is 11.5. The Labute approximate surface area is 342 Å². The molecular weight excluding hydrogens is 801 g/mol. The lowest BCUT2D eigenvalue weighted by molar-refractivity contribution is -0.161. The van der Waals surface area contributed by atoms with E-state index >= 15 is 0 Å². The number of esters is 2. The van der Waals surface area contributed by atoms with Gasteiger partial charge in [-0.3, -0.25) is 0 Å². The minimum atomic E-state index is -3.54. The molecule has 4 aromatic rings. The highest BCUT2D eigenvalue weighted by Gasteiger charge is 2.18. The van der Waals surface area contributed by atoms with Gasteiger partial charge in [-0.2, -0.15) is 0 Å². The molecule has 0 atom stereocenters. The summed E-state index contributed by atoms with van der Waals surface area (Å²) in [6.45, 7) is 13.4. The third kappa shape index (κ3) is 19.7. The monoisotopic (exact) mass is 852 g/mol. The van der Waals surface area contributed by atoms with Crippen molar-refractivity contribution in [1.82, 2.24) is 20.4 Å². The van der Waals surface area contributed by atoms with Gasteiger partial charge in [-0.25, -0.2) is 18.0 Å². The van der Waals surface area contributed by atoms with Crippen LogP contribution >= 0.6 is 11.8 Å². The van der Waals surface area contributed by atoms with Crippen molar-refractivity contribution in [1.29, 1.82) is 0 Å². The Balaban J connectivity index is 0.000000311. The first-order valence-electron chi connectivity index (χ1n) is 18.0. The molecule has 2 aromatic carbocycles. The van der Waals surface area contributed by atoms with Crippen LogP contribution in [0.3, 0.4) is 0 Å². The molecule has 0 spiro atoms. The van der Waals surface area contributed by atoms with E-state index in [1.54, 1.807) is 45.0 Å². The molecule has 20 heteroatoms. The number of benzene rings is 2. The molecule has 0 fully saturated rings. The molecule has 18 nitrogen and oxygen atoms in total. The summed E-state index contributed by atoms with van der Waals surface area (Å²) in [6, 6.07) is 14.1. The van der Waals surface area contributed by atoms with E-state index in [1.807, 2.05) is 51.3 Å². The van der Waals surface area contributed by atoms with Gasteiger partial charge in [0.2, 0.25) is 21.6 Å². The fourth-order valence-electron chi connectivity index (χ4n) is 4.20. The highest BCUT2D eigenvalue weighted by Crippen LogP contribution is 2.24. The van der Waals surface area contributed by atoms with Crippen LogP contribution in [0, 0.1) is 0 Å². The summed E-state index contributed by atoms with van der Waals surface area (Å²) in [5.74, 6) is 1.11. The molecular formula is C38H52N4O14S2. The predicted molar refractivity (Wildman–Crippen MR) is 210 cm³/mol. The summed E-state index contributed by atoms with van der Waals surface area (Å²) in [5.41, 5.74) is 0.369. The first-order chi connectivity index (χ1) is 27.4. The summed E-state index contributed by atoms with van der Waals surface area (Å²) in [4.78, 5) is 22.9. The fourth-order valence-corrected chi connectivity index (χ4v) is 4.91. The number of carbonyl (C=O) groups excluding carboxylic acids is 2. The summed E-state index contributed by atoms with van der Waals surface area (Å²) >= 11 is 1.40. The van der Waals surface area contributed by atoms with Crippen LogP contribution in [0.2, 0.25) is 0 Å². The molecule has 0 amide bonds. The van der Waals surface area contributed by atoms with Gasteiger partial charge < -0.3 is 46.7 Å². The highest BCUT2D eigenvalue weighted by atomic mass is 32.2. The Bertz CT molecular complexity index is 1920. The van der Waals surface area contributed by atoms with Gasteiger partial charge >= 0.3 is 17.2 Å². The van der Waals surface area contributed by atoms with Gasteiger partial charge in [0, 0.05) is 17.4 Å². The maximum Gasteiger partial charge on any atom is 0.335 e. The highest BCUT2D eigenvalue weighted by molar-refractivity contribution is 7.98. The van der Waals surface area contributed by atoms with Crippen molar-refractivity contribution in [3.05, 3.63) is 48.5 Å². The molecule has 0 radical (unpaired) electrons. The summed E-state index contributed by atoms with van der Waals surface area (Å²) in [5, 5.41) is 15.2. The Hall–Kier alpha value is -4.60. The number of sulfone groups is 1. The number of rotatable bonds is 22. The largest absolute Gasteiger partial charge is 0.491 e. The topological polar surface area (TPSA) is 220 Å². The lowest BCUT2D eigenvalue weighted by Gasteiger charge is -2.19. The fraction of sp³-hybridized carbons (Fsp3) is 0.526. The summed E-state index contributed by atoms with van der Waals surface area (Å²) in [7, 11) is -3.54. The van der Waals surface area contributed by atoms with Crippen molar-refractivity contribution < 1.29 is 64.7 Å². The van der Waals surface area contributed by atoms with E-state index in [0.29, 0.717) is 68.7 Å². The van der Waals surface area contributed by atoms with Crippen LogP contribution in [0.25, 0.3) is 22.9 Å². The third-order valence-electron chi connectivity index (χ3n) is 6.52. The van der Waals surface area contributed by atoms with E-state index in [2.05, 4.69) is 20.4 Å². The van der Waals surface area contributed by atoms with E-state index in [9.17, 15) is 18.0 Å². The van der Waals surface area contributed by atoms with Crippen molar-refractivity contribution in [2.24, 2.45) is 0 Å². The van der Waals surface area contributed by atoms with Crippen molar-refractivity contribution in [2.75, 3.05) is 78.6 Å². The zero-order chi connectivity index (χ0) is 42.6. The van der Waals surface area contributed by atoms with Crippen LogP contribution < -0.4 is 9.47 Å². The maximum absolute atomic E-state index is 11.5. The summed E-state index contributed by atoms with van der Waals surface area (Å²) < 4.78 is 76.0. The minimum Gasteiger partial charge on any atom is -0.491 e. The number of hydrogen-bond donors (Lipinski definition) is 0. The van der Waals surface area contributed by atoms with Crippen LogP contribution in [0.4, 0.5) is 0 Å². The lowest BCUT2D eigenvalue weighted by Crippen LogP contribution is -2.27. The van der Waals surface area contributed by atoms with Gasteiger partial charge in [0.25, 0.3) is 5.22 Å². The molecule has 2 aromatic heterocycles. The van der Waals surface area contributed by atoms with Crippen LogP contribution in [0.5, 0.6) is 11.5 Å². The Morgan fingerprint density at radius 2 is 0.983 bits per heavy atom. The zero-order valence-corrected chi connectivity index (χ0v) is 35.6. The van der Waals surface area contributed by atoms with E-state index in [4.69, 9.17) is 46.7 Å². The second-order valence-electron chi connectivity index (χ2n) is 14.0. The summed E-state index contributed by atoms with van der Waals surface area (Å²) in [6.07, 6.45) is 2.87. The number of thioether (sulfide) groups is 1. The second-order valence-corrected chi connectivity index (χ2v) is 16.6. The number of ether oxygens (including phenoxy) is 8. The van der Waals surface area contributed by atoms with Gasteiger partial charge in [-0.15, -0.1) is 15.3 Å². The third-order valence-corrected chi connectivity index (χ3v) is 7.84. The standard InChI is InChI=1S/C19H26N2O8S.C19H26N2O6S/c1-19(2,3)29-16(22)13-26-10-9-25-11-12-27-15-7-5-14(6-8-15)17-20-21-18(28-17)30(4,23)24;1-19(2,3)27-16(22)13-24-10-9-23-11-12-25-15-7-5-14(6-8-15)17-20-21-18(26-17)28-4/h5-8H,9-13H2,1-4H3;5-8H,9-13H2,1-4H3. The van der Waals surface area contributed by atoms with E-state index in [0.717, 1.165) is 17.6 Å². The molecule has 0 aliphatic rings. The Morgan fingerprint density at radius 3 is 1.36 bits per heavy atom. The molecule has 4 rings (SSSR count). The second kappa shape index (κ2) is 23.7. The molecule has 0 N–H and O–H groups in total. The normalized spacial score (nSPS) is 11.7. The molecule has 0 aliphatic carbocycles. The molecule has 0 saturated carbocycles. The van der Waals surface area contributed by atoms with Gasteiger partial charge in [0.1, 0.15) is 49.1 Å². The first-order valence-corrected chi connectivity index (χ1v) is 21.2. The average molecular weight is 853 g/mol. The van der Waals surface area contributed by atoms with Crippen LogP contribution in [0.1, 0.15) is 41.5 Å². The van der Waals surface area contributed by atoms with Crippen molar-refractivity contribution in [2.45, 2.75) is 63.2 Å². The molecule has 0 saturated heterocycles. The van der Waals surface area contributed by atoms with Crippen molar-refractivity contribution >= 4 is 33.5 Å². The average Bonchev–Trinajstić information content (AvgIpc) is 3.85. The zero-order valence-electron chi connectivity index (χ0n) is 34.0. The number of aromatic nitrogens is 4. The van der Waals surface area contributed by atoms with Crippen molar-refractivity contribution in [3.63, 3.8) is 0 Å². The van der Waals surface area contributed by atoms with Crippen LogP contribution in [0.15, 0.2) is 67.8 Å². The van der Waals surface area contributed by atoms with E-state index < -0.39 is 32.2 Å². The quantitative estimate of drug-likeness (QED) is 0.0570. The van der Waals surface area contributed by atoms with E-state index in [1.165, 1.54) is 11.8 Å². The predicted octanol–water partition coefficient (Wildman–Crippen LogP) is 5.11. The number of carbonyl (C=O) groups is 2. The minimum absolute atomic E-state index is 0.0814. The van der Waals surface area contributed by atoms with E-state index in [-0.39, 0.29) is 31.7 Å². The molecule has 320 valence electrons. The van der Waals surface area contributed by atoms with Crippen LogP contribution in [-0.4, -0.2) is 131 Å². The molecule has 0 aliphatic heterocycles. The van der Waals surface area contributed by atoms with Gasteiger partial charge in [0.15, 0.2) is 0 Å². The molecule has 0 bridgehead atoms. The lowest BCUT2D eigenvalue weighted by atomic mass is 10.2. The SMILES string of the molecule is CC(C)(C)OC(=O)COCCOCCOc1ccc(-c2nnc(S(C)(=O)=O)o2)cc1.CSc1nnc(-c2ccc(OCCOCCOCC(=O)OC(C)(C)C)cc2)o1.